The van der Waals surface area contributed by atoms with Crippen LogP contribution in [0.3, 0.4) is 0 Å². The largest absolute Gasteiger partial charge is 0.507 e. The monoisotopic (exact) mass is 288 g/mol. The number of phenolic OH excluding ortho intramolecular Hbond substituents is 1. The van der Waals surface area contributed by atoms with Crippen LogP contribution >= 0.6 is 0 Å². The fourth-order valence-corrected chi connectivity index (χ4v) is 2.37. The fraction of sp³-hybridized carbons (Fsp3) is 0.333. The smallest absolute Gasteiger partial charge is 0.259 e. The van der Waals surface area contributed by atoms with E-state index in [-0.39, 0.29) is 29.3 Å². The first kappa shape index (κ1) is 13.6. The van der Waals surface area contributed by atoms with Gasteiger partial charge >= 0.3 is 0 Å². The third kappa shape index (κ3) is 2.62. The van der Waals surface area contributed by atoms with Gasteiger partial charge < -0.3 is 20.1 Å². The molecule has 2 aliphatic rings. The quantitative estimate of drug-likeness (QED) is 0.804. The average molecular weight is 288 g/mol. The molecular formula is C15H16N2O4. The summed E-state index contributed by atoms with van der Waals surface area (Å²) in [6, 6.07) is 4.83. The van der Waals surface area contributed by atoms with Gasteiger partial charge in [-0.15, -0.1) is 0 Å². The standard InChI is InChI=1S/C15H16N2O4/c1-17(2)9-3-4-10(11(18)7-9)15(20)16-8-5-12(19)14-13(6-8)21-14/h3-5,7,13-14,18H,6H2,1-2H3,(H,16,20). The number of amides is 1. The Morgan fingerprint density at radius 1 is 1.43 bits per heavy atom. The lowest BCUT2D eigenvalue weighted by atomic mass is 10.0. The second-order valence-electron chi connectivity index (χ2n) is 5.42. The lowest BCUT2D eigenvalue weighted by molar-refractivity contribution is -0.115. The molecule has 0 spiro atoms. The molecule has 21 heavy (non-hydrogen) atoms. The first-order valence-corrected chi connectivity index (χ1v) is 6.67. The van der Waals surface area contributed by atoms with Gasteiger partial charge in [0.1, 0.15) is 11.9 Å². The molecule has 1 aromatic carbocycles. The summed E-state index contributed by atoms with van der Waals surface area (Å²) in [5.74, 6) is -0.647. The Labute approximate surface area is 122 Å². The summed E-state index contributed by atoms with van der Waals surface area (Å²) in [5.41, 5.74) is 1.50. The van der Waals surface area contributed by atoms with Gasteiger partial charge in [-0.2, -0.15) is 0 Å². The minimum Gasteiger partial charge on any atom is -0.507 e. The summed E-state index contributed by atoms with van der Waals surface area (Å²) in [7, 11) is 3.69. The van der Waals surface area contributed by atoms with Crippen LogP contribution in [0.1, 0.15) is 16.8 Å². The number of nitrogens with one attached hydrogen (secondary N) is 1. The minimum absolute atomic E-state index is 0.0954. The maximum Gasteiger partial charge on any atom is 0.259 e. The van der Waals surface area contributed by atoms with E-state index in [0.29, 0.717) is 12.1 Å². The molecule has 6 nitrogen and oxygen atoms in total. The van der Waals surface area contributed by atoms with E-state index in [1.807, 2.05) is 19.0 Å². The molecule has 1 saturated heterocycles. The van der Waals surface area contributed by atoms with E-state index in [2.05, 4.69) is 5.32 Å². The molecule has 1 aromatic rings. The van der Waals surface area contributed by atoms with E-state index in [0.717, 1.165) is 5.69 Å². The van der Waals surface area contributed by atoms with Gasteiger partial charge in [-0.1, -0.05) is 0 Å². The summed E-state index contributed by atoms with van der Waals surface area (Å²) in [5, 5.41) is 12.6. The number of hydrogen-bond acceptors (Lipinski definition) is 5. The lowest BCUT2D eigenvalue weighted by Gasteiger charge is -2.15. The topological polar surface area (TPSA) is 82.2 Å². The molecule has 0 saturated carbocycles. The molecule has 0 bridgehead atoms. The third-order valence-corrected chi connectivity index (χ3v) is 3.62. The zero-order chi connectivity index (χ0) is 15.1. The number of fused-ring (bicyclic) bond motifs is 1. The number of ether oxygens (including phenoxy) is 1. The maximum absolute atomic E-state index is 12.2. The molecule has 1 aliphatic heterocycles. The number of phenols is 1. The minimum atomic E-state index is -0.434. The van der Waals surface area contributed by atoms with Crippen molar-refractivity contribution in [2.75, 3.05) is 19.0 Å². The Bertz CT molecular complexity index is 651. The van der Waals surface area contributed by atoms with Gasteiger partial charge in [0.05, 0.1) is 11.7 Å². The van der Waals surface area contributed by atoms with Crippen LogP contribution in [0.25, 0.3) is 0 Å². The number of carbonyl (C=O) groups is 2. The molecule has 110 valence electrons. The highest BCUT2D eigenvalue weighted by Gasteiger charge is 2.47. The second-order valence-corrected chi connectivity index (χ2v) is 5.42. The Kier molecular flexibility index (Phi) is 3.17. The molecule has 1 amide bonds. The number of hydrogen-bond donors (Lipinski definition) is 2. The Hall–Kier alpha value is -2.34. The molecule has 6 heteroatoms. The molecule has 1 aliphatic carbocycles. The molecular weight excluding hydrogens is 272 g/mol. The molecule has 3 rings (SSSR count). The van der Waals surface area contributed by atoms with Gasteiger partial charge in [-0.05, 0) is 12.1 Å². The molecule has 2 atom stereocenters. The van der Waals surface area contributed by atoms with Crippen LogP contribution in [0.4, 0.5) is 5.69 Å². The van der Waals surface area contributed by atoms with Gasteiger partial charge in [-0.25, -0.2) is 0 Å². The van der Waals surface area contributed by atoms with Crippen molar-refractivity contribution < 1.29 is 19.4 Å². The molecule has 1 heterocycles. The predicted molar refractivity (Wildman–Crippen MR) is 76.3 cm³/mol. The Morgan fingerprint density at radius 3 is 2.81 bits per heavy atom. The van der Waals surface area contributed by atoms with Crippen LogP contribution in [0, 0.1) is 0 Å². The van der Waals surface area contributed by atoms with Crippen LogP contribution < -0.4 is 10.2 Å². The van der Waals surface area contributed by atoms with Crippen LogP contribution in [0.5, 0.6) is 5.75 Å². The SMILES string of the molecule is CN(C)c1ccc(C(=O)NC2=CC(=O)C3OC3C2)c(O)c1. The summed E-state index contributed by atoms with van der Waals surface area (Å²) in [6.07, 6.45) is 1.48. The normalized spacial score (nSPS) is 23.1. The van der Waals surface area contributed by atoms with Crippen LogP contribution in [-0.2, 0) is 9.53 Å². The van der Waals surface area contributed by atoms with Gasteiger partial charge in [0.15, 0.2) is 5.78 Å². The highest BCUT2D eigenvalue weighted by atomic mass is 16.6. The molecule has 2 unspecified atom stereocenters. The van der Waals surface area contributed by atoms with E-state index in [4.69, 9.17) is 4.74 Å². The number of carbonyl (C=O) groups excluding carboxylic acids is 2. The van der Waals surface area contributed by atoms with Crippen molar-refractivity contribution in [3.8, 4) is 5.75 Å². The van der Waals surface area contributed by atoms with E-state index >= 15 is 0 Å². The fourth-order valence-electron chi connectivity index (χ4n) is 2.37. The van der Waals surface area contributed by atoms with Crippen LogP contribution in [0.15, 0.2) is 30.0 Å². The van der Waals surface area contributed by atoms with Crippen molar-refractivity contribution >= 4 is 17.4 Å². The number of aromatic hydroxyl groups is 1. The number of anilines is 1. The predicted octanol–water partition coefficient (Wildman–Crippen LogP) is 0.812. The van der Waals surface area contributed by atoms with Gasteiger partial charge in [0.2, 0.25) is 0 Å². The third-order valence-electron chi connectivity index (χ3n) is 3.62. The van der Waals surface area contributed by atoms with Gasteiger partial charge in [-0.3, -0.25) is 9.59 Å². The van der Waals surface area contributed by atoms with E-state index in [1.54, 1.807) is 12.1 Å². The maximum atomic E-state index is 12.2. The zero-order valence-electron chi connectivity index (χ0n) is 11.8. The van der Waals surface area contributed by atoms with Gasteiger partial charge in [0, 0.05) is 44.0 Å². The number of rotatable bonds is 3. The molecule has 2 N–H and O–H groups in total. The summed E-state index contributed by atoms with van der Waals surface area (Å²) < 4.78 is 5.17. The Morgan fingerprint density at radius 2 is 2.19 bits per heavy atom. The summed E-state index contributed by atoms with van der Waals surface area (Å²) in [4.78, 5) is 25.5. The van der Waals surface area contributed by atoms with E-state index in [1.165, 1.54) is 12.1 Å². The number of epoxide rings is 1. The van der Waals surface area contributed by atoms with Crippen molar-refractivity contribution in [1.29, 1.82) is 0 Å². The molecule has 1 fully saturated rings. The van der Waals surface area contributed by atoms with Crippen molar-refractivity contribution in [2.45, 2.75) is 18.6 Å². The van der Waals surface area contributed by atoms with E-state index in [9.17, 15) is 14.7 Å². The first-order valence-electron chi connectivity index (χ1n) is 6.67. The highest BCUT2D eigenvalue weighted by Crippen LogP contribution is 2.33. The van der Waals surface area contributed by atoms with Gasteiger partial charge in [0.25, 0.3) is 5.91 Å². The van der Waals surface area contributed by atoms with Crippen LogP contribution in [-0.4, -0.2) is 43.1 Å². The first-order chi connectivity index (χ1) is 9.95. The lowest BCUT2D eigenvalue weighted by Crippen LogP contribution is -2.27. The summed E-state index contributed by atoms with van der Waals surface area (Å²) >= 11 is 0. The average Bonchev–Trinajstić information content (AvgIpc) is 3.18. The second kappa shape index (κ2) is 4.89. The number of nitrogens with zero attached hydrogens (tertiary/aromatic N) is 1. The van der Waals surface area contributed by atoms with Crippen molar-refractivity contribution in [3.05, 3.63) is 35.5 Å². The number of benzene rings is 1. The van der Waals surface area contributed by atoms with E-state index < -0.39 is 5.91 Å². The highest BCUT2D eigenvalue weighted by molar-refractivity contribution is 6.01. The van der Waals surface area contributed by atoms with Crippen molar-refractivity contribution in [3.63, 3.8) is 0 Å². The number of ketones is 1. The Balaban J connectivity index is 1.75. The molecule has 0 radical (unpaired) electrons. The zero-order valence-corrected chi connectivity index (χ0v) is 11.8. The molecule has 0 aromatic heterocycles. The van der Waals surface area contributed by atoms with Crippen LogP contribution in [0.2, 0.25) is 0 Å². The van der Waals surface area contributed by atoms with Crippen molar-refractivity contribution in [1.82, 2.24) is 5.32 Å². The summed E-state index contributed by atoms with van der Waals surface area (Å²) in [6.45, 7) is 0. The van der Waals surface area contributed by atoms with Crippen molar-refractivity contribution in [2.24, 2.45) is 0 Å².